The molecule has 1 aromatic carbocycles. The molecular weight excluding hydrogens is 240 g/mol. The first kappa shape index (κ1) is 13.7. The molecule has 0 aromatic heterocycles. The number of carboxylic acids is 2. The smallest absolute Gasteiger partial charge is 0.337 e. The molecule has 0 aliphatic heterocycles. The molecule has 0 saturated carbocycles. The zero-order valence-corrected chi connectivity index (χ0v) is 9.62. The van der Waals surface area contributed by atoms with Gasteiger partial charge in [-0.3, -0.25) is 9.59 Å². The normalized spacial score (nSPS) is 10.1. The number of benzene rings is 1. The van der Waals surface area contributed by atoms with Crippen LogP contribution in [-0.4, -0.2) is 35.2 Å². The van der Waals surface area contributed by atoms with Crippen LogP contribution in [0.15, 0.2) is 24.3 Å². The predicted octanol–water partition coefficient (Wildman–Crippen LogP) is 0.801. The van der Waals surface area contributed by atoms with E-state index >= 15 is 0 Å². The quantitative estimate of drug-likeness (QED) is 0.593. The van der Waals surface area contributed by atoms with Gasteiger partial charge < -0.3 is 14.9 Å². The molecule has 0 amide bonds. The summed E-state index contributed by atoms with van der Waals surface area (Å²) in [5.74, 6) is -4.91. The van der Waals surface area contributed by atoms with Crippen molar-refractivity contribution in [2.24, 2.45) is 5.92 Å². The highest BCUT2D eigenvalue weighted by Crippen LogP contribution is 2.12. The van der Waals surface area contributed by atoms with E-state index in [4.69, 9.17) is 10.2 Å². The minimum atomic E-state index is -1.53. The van der Waals surface area contributed by atoms with E-state index in [1.807, 2.05) is 0 Å². The van der Waals surface area contributed by atoms with Crippen molar-refractivity contribution in [2.75, 3.05) is 7.11 Å². The largest absolute Gasteiger partial charge is 0.481 e. The SMILES string of the molecule is COC(=O)c1cccc(CC(C(=O)O)C(=O)O)c1. The van der Waals surface area contributed by atoms with Crippen LogP contribution >= 0.6 is 0 Å². The molecule has 1 rings (SSSR count). The number of ether oxygens (including phenoxy) is 1. The molecule has 0 fully saturated rings. The Hall–Kier alpha value is -2.37. The van der Waals surface area contributed by atoms with Crippen molar-refractivity contribution in [3.05, 3.63) is 35.4 Å². The molecule has 0 spiro atoms. The number of rotatable bonds is 5. The molecule has 18 heavy (non-hydrogen) atoms. The van der Waals surface area contributed by atoms with E-state index in [1.165, 1.54) is 19.2 Å². The van der Waals surface area contributed by atoms with Gasteiger partial charge in [-0.1, -0.05) is 12.1 Å². The maximum Gasteiger partial charge on any atom is 0.337 e. The maximum atomic E-state index is 11.3. The lowest BCUT2D eigenvalue weighted by Gasteiger charge is -2.08. The third-order valence-electron chi connectivity index (χ3n) is 2.38. The maximum absolute atomic E-state index is 11.3. The number of hydrogen-bond donors (Lipinski definition) is 2. The second-order valence-corrected chi connectivity index (χ2v) is 3.63. The molecule has 0 radical (unpaired) electrons. The molecule has 6 heteroatoms. The lowest BCUT2D eigenvalue weighted by Crippen LogP contribution is -2.25. The summed E-state index contributed by atoms with van der Waals surface area (Å²) in [6.07, 6.45) is -0.185. The highest BCUT2D eigenvalue weighted by Gasteiger charge is 2.26. The summed E-state index contributed by atoms with van der Waals surface area (Å²) in [6, 6.07) is 6.03. The second kappa shape index (κ2) is 5.81. The summed E-state index contributed by atoms with van der Waals surface area (Å²) in [4.78, 5) is 32.8. The minimum absolute atomic E-state index is 0.185. The molecular formula is C12H12O6. The average Bonchev–Trinajstić information content (AvgIpc) is 2.34. The summed E-state index contributed by atoms with van der Waals surface area (Å²) in [7, 11) is 1.23. The van der Waals surface area contributed by atoms with Gasteiger partial charge in [-0.05, 0) is 24.1 Å². The van der Waals surface area contributed by atoms with E-state index < -0.39 is 23.8 Å². The van der Waals surface area contributed by atoms with E-state index in [-0.39, 0.29) is 12.0 Å². The number of hydrogen-bond acceptors (Lipinski definition) is 4. The van der Waals surface area contributed by atoms with Gasteiger partial charge >= 0.3 is 17.9 Å². The molecule has 0 saturated heterocycles. The first-order valence-corrected chi connectivity index (χ1v) is 5.08. The fourth-order valence-corrected chi connectivity index (χ4v) is 1.46. The number of methoxy groups -OCH3 is 1. The second-order valence-electron chi connectivity index (χ2n) is 3.63. The number of aliphatic carboxylic acids is 2. The summed E-state index contributed by atoms with van der Waals surface area (Å²) >= 11 is 0. The van der Waals surface area contributed by atoms with Gasteiger partial charge in [-0.2, -0.15) is 0 Å². The van der Waals surface area contributed by atoms with E-state index in [2.05, 4.69) is 4.74 Å². The van der Waals surface area contributed by atoms with Crippen molar-refractivity contribution in [1.29, 1.82) is 0 Å². The molecule has 0 aliphatic carbocycles. The van der Waals surface area contributed by atoms with Crippen LogP contribution in [-0.2, 0) is 20.7 Å². The van der Waals surface area contributed by atoms with Crippen molar-refractivity contribution in [1.82, 2.24) is 0 Å². The highest BCUT2D eigenvalue weighted by atomic mass is 16.5. The number of carbonyl (C=O) groups is 3. The van der Waals surface area contributed by atoms with Gasteiger partial charge in [-0.15, -0.1) is 0 Å². The van der Waals surface area contributed by atoms with Gasteiger partial charge in [0.05, 0.1) is 12.7 Å². The molecule has 1 aromatic rings. The zero-order chi connectivity index (χ0) is 13.7. The number of carbonyl (C=O) groups excluding carboxylic acids is 1. The molecule has 0 heterocycles. The Balaban J connectivity index is 2.94. The van der Waals surface area contributed by atoms with Crippen molar-refractivity contribution in [3.8, 4) is 0 Å². The zero-order valence-electron chi connectivity index (χ0n) is 9.62. The van der Waals surface area contributed by atoms with Crippen LogP contribution in [0.25, 0.3) is 0 Å². The predicted molar refractivity (Wildman–Crippen MR) is 60.2 cm³/mol. The fraction of sp³-hybridized carbons (Fsp3) is 0.250. The Labute approximate surface area is 103 Å². The van der Waals surface area contributed by atoms with Gasteiger partial charge in [0.15, 0.2) is 5.92 Å². The van der Waals surface area contributed by atoms with Crippen molar-refractivity contribution in [3.63, 3.8) is 0 Å². The van der Waals surface area contributed by atoms with E-state index in [0.717, 1.165) is 0 Å². The molecule has 0 unspecified atom stereocenters. The van der Waals surface area contributed by atoms with Gasteiger partial charge in [0.2, 0.25) is 0 Å². The monoisotopic (exact) mass is 252 g/mol. The molecule has 0 bridgehead atoms. The summed E-state index contributed by atoms with van der Waals surface area (Å²) in [6.45, 7) is 0. The molecule has 6 nitrogen and oxygen atoms in total. The van der Waals surface area contributed by atoms with Crippen molar-refractivity contribution in [2.45, 2.75) is 6.42 Å². The van der Waals surface area contributed by atoms with E-state index in [9.17, 15) is 14.4 Å². The van der Waals surface area contributed by atoms with Crippen LogP contribution in [0.3, 0.4) is 0 Å². The lowest BCUT2D eigenvalue weighted by atomic mass is 9.98. The van der Waals surface area contributed by atoms with Gasteiger partial charge in [-0.25, -0.2) is 4.79 Å². The standard InChI is InChI=1S/C12H12O6/c1-18-12(17)8-4-2-3-7(5-8)6-9(10(13)14)11(15)16/h2-5,9H,6H2,1H3,(H,13,14)(H,15,16). The summed E-state index contributed by atoms with van der Waals surface area (Å²) < 4.78 is 4.52. The molecule has 2 N–H and O–H groups in total. The molecule has 0 atom stereocenters. The van der Waals surface area contributed by atoms with Gasteiger partial charge in [0.1, 0.15) is 0 Å². The topological polar surface area (TPSA) is 101 Å². The summed E-state index contributed by atoms with van der Waals surface area (Å²) in [5, 5.41) is 17.5. The fourth-order valence-electron chi connectivity index (χ4n) is 1.46. The Morgan fingerprint density at radius 2 is 1.83 bits per heavy atom. The van der Waals surface area contributed by atoms with E-state index in [1.54, 1.807) is 12.1 Å². The lowest BCUT2D eigenvalue weighted by molar-refractivity contribution is -0.154. The van der Waals surface area contributed by atoms with Crippen LogP contribution in [0.4, 0.5) is 0 Å². The van der Waals surface area contributed by atoms with Crippen LogP contribution in [0, 0.1) is 5.92 Å². The Morgan fingerprint density at radius 1 is 1.22 bits per heavy atom. The summed E-state index contributed by atoms with van der Waals surface area (Å²) in [5.41, 5.74) is 0.706. The number of esters is 1. The average molecular weight is 252 g/mol. The minimum Gasteiger partial charge on any atom is -0.481 e. The van der Waals surface area contributed by atoms with Crippen LogP contribution < -0.4 is 0 Å². The van der Waals surface area contributed by atoms with Gasteiger partial charge in [0, 0.05) is 0 Å². The van der Waals surface area contributed by atoms with Gasteiger partial charge in [0.25, 0.3) is 0 Å². The first-order valence-electron chi connectivity index (χ1n) is 5.08. The molecule has 96 valence electrons. The third-order valence-corrected chi connectivity index (χ3v) is 2.38. The van der Waals surface area contributed by atoms with E-state index in [0.29, 0.717) is 5.56 Å². The van der Waals surface area contributed by atoms with Crippen molar-refractivity contribution >= 4 is 17.9 Å². The Kier molecular flexibility index (Phi) is 4.42. The Bertz CT molecular complexity index is 465. The van der Waals surface area contributed by atoms with Crippen LogP contribution in [0.2, 0.25) is 0 Å². The first-order chi connectivity index (χ1) is 8.45. The number of carboxylic acid groups (broad SMARTS) is 2. The third kappa shape index (κ3) is 3.31. The van der Waals surface area contributed by atoms with Crippen LogP contribution in [0.1, 0.15) is 15.9 Å². The Morgan fingerprint density at radius 3 is 2.33 bits per heavy atom. The molecule has 0 aliphatic rings. The van der Waals surface area contributed by atoms with Crippen molar-refractivity contribution < 1.29 is 29.3 Å². The van der Waals surface area contributed by atoms with Crippen LogP contribution in [0.5, 0.6) is 0 Å². The highest BCUT2D eigenvalue weighted by molar-refractivity contribution is 5.93.